The first kappa shape index (κ1) is 20.6. The number of thioether (sulfide) groups is 1. The summed E-state index contributed by atoms with van der Waals surface area (Å²) in [5.41, 5.74) is 6.72. The molecule has 5 heteroatoms. The van der Waals surface area contributed by atoms with Crippen LogP contribution in [0, 0.1) is 20.8 Å². The number of hydrogen-bond acceptors (Lipinski definition) is 4. The van der Waals surface area contributed by atoms with Gasteiger partial charge in [-0.3, -0.25) is 4.79 Å². The number of hydrogen-bond donors (Lipinski definition) is 1. The van der Waals surface area contributed by atoms with Gasteiger partial charge in [0.15, 0.2) is 0 Å². The Labute approximate surface area is 175 Å². The number of nitrogens with zero attached hydrogens (tertiary/aromatic N) is 1. The number of thiazole rings is 1. The molecular formula is C23H26N2OS2. The minimum absolute atomic E-state index is 0.0910. The fourth-order valence-corrected chi connectivity index (χ4v) is 4.71. The molecule has 3 rings (SSSR count). The Kier molecular flexibility index (Phi) is 7.29. The van der Waals surface area contributed by atoms with Crippen molar-refractivity contribution < 1.29 is 4.79 Å². The second kappa shape index (κ2) is 9.89. The summed E-state index contributed by atoms with van der Waals surface area (Å²) in [6, 6.07) is 14.6. The monoisotopic (exact) mass is 410 g/mol. The summed E-state index contributed by atoms with van der Waals surface area (Å²) in [5.74, 6) is 1.94. The molecule has 0 radical (unpaired) electrons. The lowest BCUT2D eigenvalue weighted by Gasteiger charge is -2.11. The van der Waals surface area contributed by atoms with Gasteiger partial charge in [0.1, 0.15) is 5.01 Å². The second-order valence-corrected chi connectivity index (χ2v) is 8.94. The van der Waals surface area contributed by atoms with E-state index in [0.717, 1.165) is 45.4 Å². The van der Waals surface area contributed by atoms with E-state index in [1.807, 2.05) is 43.8 Å². The number of para-hydroxylation sites is 1. The van der Waals surface area contributed by atoms with Gasteiger partial charge in [0, 0.05) is 28.8 Å². The van der Waals surface area contributed by atoms with Gasteiger partial charge in [-0.05, 0) is 44.1 Å². The molecule has 0 saturated heterocycles. The zero-order chi connectivity index (χ0) is 19.9. The van der Waals surface area contributed by atoms with Crippen LogP contribution in [0.3, 0.4) is 0 Å². The van der Waals surface area contributed by atoms with Gasteiger partial charge >= 0.3 is 0 Å². The van der Waals surface area contributed by atoms with Crippen molar-refractivity contribution in [3.8, 4) is 10.6 Å². The van der Waals surface area contributed by atoms with Crippen LogP contribution in [-0.2, 0) is 10.5 Å². The molecule has 0 fully saturated rings. The number of anilines is 1. The number of carbonyl (C=O) groups is 1. The van der Waals surface area contributed by atoms with E-state index in [4.69, 9.17) is 4.98 Å². The molecule has 0 aliphatic rings. The minimum Gasteiger partial charge on any atom is -0.326 e. The lowest BCUT2D eigenvalue weighted by molar-refractivity contribution is -0.116. The number of benzene rings is 2. The Morgan fingerprint density at radius 1 is 1.07 bits per heavy atom. The topological polar surface area (TPSA) is 42.0 Å². The number of nitrogens with one attached hydrogen (secondary N) is 1. The maximum Gasteiger partial charge on any atom is 0.224 e. The number of aryl methyl sites for hydroxylation is 3. The van der Waals surface area contributed by atoms with Gasteiger partial charge in [-0.15, -0.1) is 11.3 Å². The third kappa shape index (κ3) is 5.69. The molecule has 0 aliphatic carbocycles. The molecule has 0 atom stereocenters. The molecule has 0 saturated carbocycles. The van der Waals surface area contributed by atoms with Crippen LogP contribution >= 0.6 is 23.1 Å². The Bertz CT molecular complexity index is 912. The highest BCUT2D eigenvalue weighted by molar-refractivity contribution is 7.98. The molecule has 0 bridgehead atoms. The SMILES string of the molecule is Cc1ccc(-c2nc(CSCCCC(=O)Nc3c(C)cccc3C)cs2)cc1. The summed E-state index contributed by atoms with van der Waals surface area (Å²) in [5, 5.41) is 6.26. The highest BCUT2D eigenvalue weighted by Gasteiger charge is 2.08. The molecule has 0 unspecified atom stereocenters. The Hall–Kier alpha value is -2.11. The summed E-state index contributed by atoms with van der Waals surface area (Å²) in [6.45, 7) is 6.14. The van der Waals surface area contributed by atoms with Crippen LogP contribution in [0.1, 0.15) is 35.2 Å². The fourth-order valence-electron chi connectivity index (χ4n) is 2.93. The van der Waals surface area contributed by atoms with E-state index in [1.165, 1.54) is 11.1 Å². The predicted octanol–water partition coefficient (Wildman–Crippen LogP) is 6.39. The average molecular weight is 411 g/mol. The number of rotatable bonds is 8. The zero-order valence-corrected chi connectivity index (χ0v) is 18.3. The van der Waals surface area contributed by atoms with Crippen molar-refractivity contribution in [1.29, 1.82) is 0 Å². The van der Waals surface area contributed by atoms with Crippen LogP contribution in [0.5, 0.6) is 0 Å². The molecule has 3 aromatic rings. The van der Waals surface area contributed by atoms with Crippen molar-refractivity contribution in [3.63, 3.8) is 0 Å². The summed E-state index contributed by atoms with van der Waals surface area (Å²) >= 11 is 3.53. The van der Waals surface area contributed by atoms with Crippen LogP contribution < -0.4 is 5.32 Å². The Morgan fingerprint density at radius 2 is 1.79 bits per heavy atom. The molecule has 28 heavy (non-hydrogen) atoms. The molecule has 1 aromatic heterocycles. The van der Waals surface area contributed by atoms with E-state index in [9.17, 15) is 4.79 Å². The first-order valence-electron chi connectivity index (χ1n) is 9.48. The number of carbonyl (C=O) groups excluding carboxylic acids is 1. The summed E-state index contributed by atoms with van der Waals surface area (Å²) in [6.07, 6.45) is 1.42. The summed E-state index contributed by atoms with van der Waals surface area (Å²) in [7, 11) is 0. The maximum atomic E-state index is 12.2. The minimum atomic E-state index is 0.0910. The lowest BCUT2D eigenvalue weighted by atomic mass is 10.1. The number of amides is 1. The quantitative estimate of drug-likeness (QED) is 0.438. The standard InChI is InChI=1S/C23H26N2OS2/c1-16-9-11-19(12-10-16)23-24-20(15-28-23)14-27-13-5-8-21(26)25-22-17(2)6-4-7-18(22)3/h4,6-7,9-12,15H,5,8,13-14H2,1-3H3,(H,25,26). The normalized spacial score (nSPS) is 10.8. The third-order valence-electron chi connectivity index (χ3n) is 4.54. The van der Waals surface area contributed by atoms with E-state index >= 15 is 0 Å². The van der Waals surface area contributed by atoms with Gasteiger partial charge in [-0.1, -0.05) is 48.0 Å². The van der Waals surface area contributed by atoms with Gasteiger partial charge < -0.3 is 5.32 Å². The largest absolute Gasteiger partial charge is 0.326 e. The van der Waals surface area contributed by atoms with Crippen LogP contribution in [0.2, 0.25) is 0 Å². The molecule has 1 N–H and O–H groups in total. The Morgan fingerprint density at radius 3 is 2.50 bits per heavy atom. The van der Waals surface area contributed by atoms with Gasteiger partial charge in [-0.2, -0.15) is 11.8 Å². The number of aromatic nitrogens is 1. The molecule has 1 heterocycles. The zero-order valence-electron chi connectivity index (χ0n) is 16.6. The van der Waals surface area contributed by atoms with Crippen molar-refractivity contribution in [2.45, 2.75) is 39.4 Å². The first-order chi connectivity index (χ1) is 13.5. The molecule has 146 valence electrons. The van der Waals surface area contributed by atoms with Crippen molar-refractivity contribution in [2.24, 2.45) is 0 Å². The van der Waals surface area contributed by atoms with E-state index in [2.05, 4.69) is 41.9 Å². The second-order valence-electron chi connectivity index (χ2n) is 6.98. The Balaban J connectivity index is 1.39. The highest BCUT2D eigenvalue weighted by atomic mass is 32.2. The molecule has 3 nitrogen and oxygen atoms in total. The van der Waals surface area contributed by atoms with Gasteiger partial charge in [0.05, 0.1) is 5.69 Å². The van der Waals surface area contributed by atoms with Crippen molar-refractivity contribution in [1.82, 2.24) is 4.98 Å². The third-order valence-corrected chi connectivity index (χ3v) is 6.56. The van der Waals surface area contributed by atoms with Crippen molar-refractivity contribution >= 4 is 34.7 Å². The molecule has 1 amide bonds. The van der Waals surface area contributed by atoms with Gasteiger partial charge in [-0.25, -0.2) is 4.98 Å². The van der Waals surface area contributed by atoms with Crippen molar-refractivity contribution in [3.05, 3.63) is 70.2 Å². The van der Waals surface area contributed by atoms with Crippen LogP contribution in [0.15, 0.2) is 47.8 Å². The van der Waals surface area contributed by atoms with E-state index in [1.54, 1.807) is 11.3 Å². The fraction of sp³-hybridized carbons (Fsp3) is 0.304. The smallest absolute Gasteiger partial charge is 0.224 e. The van der Waals surface area contributed by atoms with E-state index in [-0.39, 0.29) is 5.91 Å². The summed E-state index contributed by atoms with van der Waals surface area (Å²) < 4.78 is 0. The van der Waals surface area contributed by atoms with Gasteiger partial charge in [0.2, 0.25) is 5.91 Å². The van der Waals surface area contributed by atoms with Crippen LogP contribution in [0.25, 0.3) is 10.6 Å². The van der Waals surface area contributed by atoms with E-state index < -0.39 is 0 Å². The molecule has 0 spiro atoms. The predicted molar refractivity (Wildman–Crippen MR) is 122 cm³/mol. The maximum absolute atomic E-state index is 12.2. The molecule has 2 aromatic carbocycles. The molecule has 0 aliphatic heterocycles. The average Bonchev–Trinajstić information content (AvgIpc) is 3.14. The van der Waals surface area contributed by atoms with Crippen molar-refractivity contribution in [2.75, 3.05) is 11.1 Å². The summed E-state index contributed by atoms with van der Waals surface area (Å²) in [4.78, 5) is 16.9. The highest BCUT2D eigenvalue weighted by Crippen LogP contribution is 2.26. The van der Waals surface area contributed by atoms with E-state index in [0.29, 0.717) is 6.42 Å². The van der Waals surface area contributed by atoms with Gasteiger partial charge in [0.25, 0.3) is 0 Å². The first-order valence-corrected chi connectivity index (χ1v) is 11.5. The molecular weight excluding hydrogens is 384 g/mol. The lowest BCUT2D eigenvalue weighted by Crippen LogP contribution is -2.13. The van der Waals surface area contributed by atoms with Crippen LogP contribution in [0.4, 0.5) is 5.69 Å². The van der Waals surface area contributed by atoms with Crippen LogP contribution in [-0.4, -0.2) is 16.6 Å².